The summed E-state index contributed by atoms with van der Waals surface area (Å²) in [7, 11) is 0. The maximum absolute atomic E-state index is 9.66. The summed E-state index contributed by atoms with van der Waals surface area (Å²) >= 11 is 0. The molecule has 0 saturated carbocycles. The number of nitrogens with one attached hydrogen (secondary N) is 1. The van der Waals surface area contributed by atoms with E-state index in [0.717, 1.165) is 26.0 Å². The first-order valence-corrected chi connectivity index (χ1v) is 7.31. The number of hydrogen-bond acceptors (Lipinski definition) is 4. The minimum atomic E-state index is -0.452. The molecule has 0 aliphatic heterocycles. The largest absolute Gasteiger partial charge is 0.396 e. The molecule has 2 unspecified atom stereocenters. The maximum Gasteiger partial charge on any atom is 0.0897 e. The zero-order valence-corrected chi connectivity index (χ0v) is 12.0. The molecule has 0 aliphatic carbocycles. The Balaban J connectivity index is 3.43. The van der Waals surface area contributed by atoms with E-state index in [1.54, 1.807) is 0 Å². The molecule has 0 bridgehead atoms. The van der Waals surface area contributed by atoms with E-state index in [1.807, 2.05) is 0 Å². The number of unbranched alkanes of at least 4 members (excludes halogenated alkanes) is 1. The van der Waals surface area contributed by atoms with E-state index in [2.05, 4.69) is 19.2 Å². The number of hydrogen-bond donors (Lipinski definition) is 3. The Labute approximate surface area is 112 Å². The van der Waals surface area contributed by atoms with Crippen LogP contribution < -0.4 is 5.32 Å². The van der Waals surface area contributed by atoms with Crippen LogP contribution in [0.5, 0.6) is 0 Å². The fourth-order valence-electron chi connectivity index (χ4n) is 1.80. The molecule has 0 fully saturated rings. The highest BCUT2D eigenvalue weighted by molar-refractivity contribution is 4.60. The zero-order valence-electron chi connectivity index (χ0n) is 12.0. The summed E-state index contributed by atoms with van der Waals surface area (Å²) in [4.78, 5) is 0. The second kappa shape index (κ2) is 13.3. The summed E-state index contributed by atoms with van der Waals surface area (Å²) in [5.74, 6) is 0.625. The molecule has 0 saturated heterocycles. The Morgan fingerprint density at radius 3 is 2.56 bits per heavy atom. The van der Waals surface area contributed by atoms with Crippen LogP contribution in [0.3, 0.4) is 0 Å². The lowest BCUT2D eigenvalue weighted by Crippen LogP contribution is -2.31. The van der Waals surface area contributed by atoms with Crippen molar-refractivity contribution in [1.82, 2.24) is 5.32 Å². The van der Waals surface area contributed by atoms with Gasteiger partial charge in [0.25, 0.3) is 0 Å². The van der Waals surface area contributed by atoms with Gasteiger partial charge in [-0.3, -0.25) is 0 Å². The lowest BCUT2D eigenvalue weighted by Gasteiger charge is -2.17. The monoisotopic (exact) mass is 261 g/mol. The first-order chi connectivity index (χ1) is 8.74. The molecular weight excluding hydrogens is 230 g/mol. The second-order valence-electron chi connectivity index (χ2n) is 4.89. The van der Waals surface area contributed by atoms with Gasteiger partial charge in [-0.1, -0.05) is 33.1 Å². The maximum atomic E-state index is 9.66. The Bertz CT molecular complexity index is 167. The van der Waals surface area contributed by atoms with Crippen molar-refractivity contribution >= 4 is 0 Å². The van der Waals surface area contributed by atoms with Gasteiger partial charge in [0.1, 0.15) is 0 Å². The molecule has 110 valence electrons. The Kier molecular flexibility index (Phi) is 13.2. The molecule has 0 amide bonds. The third-order valence-electron chi connectivity index (χ3n) is 3.10. The summed E-state index contributed by atoms with van der Waals surface area (Å²) in [6.07, 6.45) is 5.12. The Morgan fingerprint density at radius 1 is 1.17 bits per heavy atom. The first-order valence-electron chi connectivity index (χ1n) is 7.31. The third kappa shape index (κ3) is 11.0. The van der Waals surface area contributed by atoms with Crippen LogP contribution >= 0.6 is 0 Å². The fourth-order valence-corrected chi connectivity index (χ4v) is 1.80. The molecule has 4 nitrogen and oxygen atoms in total. The van der Waals surface area contributed by atoms with Crippen LogP contribution in [-0.2, 0) is 4.74 Å². The minimum absolute atomic E-state index is 0.190. The van der Waals surface area contributed by atoms with E-state index in [0.29, 0.717) is 19.1 Å². The summed E-state index contributed by atoms with van der Waals surface area (Å²) in [5.41, 5.74) is 0. The van der Waals surface area contributed by atoms with Crippen molar-refractivity contribution in [2.24, 2.45) is 5.92 Å². The zero-order chi connectivity index (χ0) is 13.6. The van der Waals surface area contributed by atoms with Crippen molar-refractivity contribution in [3.8, 4) is 0 Å². The quantitative estimate of drug-likeness (QED) is 0.440. The summed E-state index contributed by atoms with van der Waals surface area (Å²) < 4.78 is 5.56. The third-order valence-corrected chi connectivity index (χ3v) is 3.10. The van der Waals surface area contributed by atoms with Crippen LogP contribution in [0.4, 0.5) is 0 Å². The number of rotatable bonds is 13. The van der Waals surface area contributed by atoms with Crippen molar-refractivity contribution < 1.29 is 14.9 Å². The smallest absolute Gasteiger partial charge is 0.0897 e. The van der Waals surface area contributed by atoms with Crippen molar-refractivity contribution in [2.45, 2.75) is 52.1 Å². The van der Waals surface area contributed by atoms with Crippen LogP contribution in [0.2, 0.25) is 0 Å². The molecular formula is C14H31NO3. The van der Waals surface area contributed by atoms with Crippen molar-refractivity contribution in [2.75, 3.05) is 32.9 Å². The predicted octanol–water partition coefficient (Wildman–Crippen LogP) is 1.55. The van der Waals surface area contributed by atoms with Gasteiger partial charge < -0.3 is 20.3 Å². The van der Waals surface area contributed by atoms with Crippen molar-refractivity contribution in [3.05, 3.63) is 0 Å². The van der Waals surface area contributed by atoms with E-state index in [1.165, 1.54) is 19.3 Å². The van der Waals surface area contributed by atoms with Crippen molar-refractivity contribution in [1.29, 1.82) is 0 Å². The van der Waals surface area contributed by atoms with Gasteiger partial charge in [0, 0.05) is 19.8 Å². The van der Waals surface area contributed by atoms with Crippen LogP contribution in [0.25, 0.3) is 0 Å². The normalized spacial score (nSPS) is 14.7. The topological polar surface area (TPSA) is 61.7 Å². The SMILES string of the molecule is CCCCC(CC)COCC(O)CNCCCO. The van der Waals surface area contributed by atoms with E-state index < -0.39 is 6.10 Å². The van der Waals surface area contributed by atoms with Crippen LogP contribution in [0.15, 0.2) is 0 Å². The second-order valence-corrected chi connectivity index (χ2v) is 4.89. The average Bonchev–Trinajstić information content (AvgIpc) is 2.38. The van der Waals surface area contributed by atoms with Crippen LogP contribution in [0.1, 0.15) is 46.0 Å². The van der Waals surface area contributed by atoms with Crippen molar-refractivity contribution in [3.63, 3.8) is 0 Å². The predicted molar refractivity (Wildman–Crippen MR) is 74.7 cm³/mol. The van der Waals surface area contributed by atoms with Gasteiger partial charge in [-0.25, -0.2) is 0 Å². The molecule has 0 aliphatic rings. The van der Waals surface area contributed by atoms with Gasteiger partial charge in [-0.15, -0.1) is 0 Å². The molecule has 0 heterocycles. The fraction of sp³-hybridized carbons (Fsp3) is 1.00. The van der Waals surface area contributed by atoms with E-state index in [9.17, 15) is 5.11 Å². The molecule has 3 N–H and O–H groups in total. The standard InChI is InChI=1S/C14H31NO3/c1-3-5-7-13(4-2)11-18-12-14(17)10-15-8-6-9-16/h13-17H,3-12H2,1-2H3. The molecule has 0 aromatic heterocycles. The van der Waals surface area contributed by atoms with Gasteiger partial charge in [0.15, 0.2) is 0 Å². The molecule has 0 radical (unpaired) electrons. The summed E-state index contributed by atoms with van der Waals surface area (Å²) in [6, 6.07) is 0. The molecule has 0 rings (SSSR count). The van der Waals surface area contributed by atoms with Gasteiger partial charge in [0.05, 0.1) is 12.7 Å². The summed E-state index contributed by atoms with van der Waals surface area (Å²) in [5, 5.41) is 21.3. The first kappa shape index (κ1) is 17.8. The van der Waals surface area contributed by atoms with Crippen LogP contribution in [0, 0.1) is 5.92 Å². The minimum Gasteiger partial charge on any atom is -0.396 e. The highest BCUT2D eigenvalue weighted by Crippen LogP contribution is 2.12. The molecule has 2 atom stereocenters. The lowest BCUT2D eigenvalue weighted by atomic mass is 10.0. The Hall–Kier alpha value is -0.160. The van der Waals surface area contributed by atoms with E-state index in [-0.39, 0.29) is 6.61 Å². The van der Waals surface area contributed by atoms with Gasteiger partial charge in [-0.05, 0) is 25.3 Å². The lowest BCUT2D eigenvalue weighted by molar-refractivity contribution is 0.0193. The average molecular weight is 261 g/mol. The Morgan fingerprint density at radius 2 is 1.94 bits per heavy atom. The highest BCUT2D eigenvalue weighted by atomic mass is 16.5. The molecule has 0 aromatic carbocycles. The molecule has 0 spiro atoms. The number of aliphatic hydroxyl groups excluding tert-OH is 2. The van der Waals surface area contributed by atoms with Crippen LogP contribution in [-0.4, -0.2) is 49.2 Å². The van der Waals surface area contributed by atoms with E-state index in [4.69, 9.17) is 9.84 Å². The number of aliphatic hydroxyl groups is 2. The van der Waals surface area contributed by atoms with Gasteiger partial charge >= 0.3 is 0 Å². The molecule has 18 heavy (non-hydrogen) atoms. The molecule has 0 aromatic rings. The number of ether oxygens (including phenoxy) is 1. The molecule has 4 heteroatoms. The van der Waals surface area contributed by atoms with E-state index >= 15 is 0 Å². The van der Waals surface area contributed by atoms with Gasteiger partial charge in [-0.2, -0.15) is 0 Å². The van der Waals surface area contributed by atoms with Gasteiger partial charge in [0.2, 0.25) is 0 Å². The highest BCUT2D eigenvalue weighted by Gasteiger charge is 2.08. The summed E-state index contributed by atoms with van der Waals surface area (Å²) in [6.45, 7) is 7.01.